The number of carbonyl (C=O) groups is 1. The van der Waals surface area contributed by atoms with Crippen LogP contribution in [0.25, 0.3) is 11.1 Å². The maximum atomic E-state index is 12.2. The largest absolute Gasteiger partial charge is 0.369 e. The van der Waals surface area contributed by atoms with E-state index in [4.69, 9.17) is 5.73 Å². The van der Waals surface area contributed by atoms with Crippen molar-refractivity contribution in [3.05, 3.63) is 35.0 Å². The summed E-state index contributed by atoms with van der Waals surface area (Å²) in [4.78, 5) is 27.3. The number of nitrogens with zero attached hydrogens (tertiary/aromatic N) is 4. The second-order valence-electron chi connectivity index (χ2n) is 5.31. The first kappa shape index (κ1) is 14.6. The molecule has 0 saturated carbocycles. The lowest BCUT2D eigenvalue weighted by Gasteiger charge is -2.34. The van der Waals surface area contributed by atoms with Gasteiger partial charge < -0.3 is 5.73 Å². The number of hydrogen-bond acceptors (Lipinski definition) is 6. The minimum Gasteiger partial charge on any atom is -0.369 e. The molecule has 0 radical (unpaired) electrons. The Labute approximate surface area is 132 Å². The Bertz CT molecular complexity index is 727. The average molecular weight is 315 g/mol. The molecule has 0 aromatic carbocycles. The van der Waals surface area contributed by atoms with Gasteiger partial charge in [0.2, 0.25) is 5.91 Å². The predicted octanol–water partition coefficient (Wildman–Crippen LogP) is 1.99. The molecule has 3 heterocycles. The summed E-state index contributed by atoms with van der Waals surface area (Å²) in [6, 6.07) is 2.06. The highest BCUT2D eigenvalue weighted by molar-refractivity contribution is 7.10. The van der Waals surface area contributed by atoms with Gasteiger partial charge in [0, 0.05) is 29.9 Å². The van der Waals surface area contributed by atoms with E-state index in [9.17, 15) is 4.79 Å². The van der Waals surface area contributed by atoms with Crippen LogP contribution in [0.1, 0.15) is 24.6 Å². The number of nitrogens with two attached hydrogens (primary N) is 1. The maximum absolute atomic E-state index is 12.2. The van der Waals surface area contributed by atoms with Gasteiger partial charge in [0.15, 0.2) is 5.96 Å². The van der Waals surface area contributed by atoms with Crippen LogP contribution < -0.4 is 5.73 Å². The molecule has 0 unspecified atom stereocenters. The van der Waals surface area contributed by atoms with Gasteiger partial charge in [0.1, 0.15) is 11.9 Å². The fraction of sp³-hybridized carbons (Fsp3) is 0.333. The van der Waals surface area contributed by atoms with Crippen LogP contribution in [-0.2, 0) is 10.3 Å². The third kappa shape index (κ3) is 2.37. The quantitative estimate of drug-likeness (QED) is 0.938. The van der Waals surface area contributed by atoms with Crippen molar-refractivity contribution in [3.8, 4) is 11.1 Å². The van der Waals surface area contributed by atoms with Gasteiger partial charge in [-0.2, -0.15) is 0 Å². The zero-order chi connectivity index (χ0) is 15.7. The summed E-state index contributed by atoms with van der Waals surface area (Å²) >= 11 is 1.59. The molecule has 0 saturated heterocycles. The highest BCUT2D eigenvalue weighted by Gasteiger charge is 2.39. The SMILES string of the molecule is CC[C@@]1(c2cc(-c3cncnc3)cs2)CC(=O)N(C)C(N)=N1. The highest BCUT2D eigenvalue weighted by atomic mass is 32.1. The van der Waals surface area contributed by atoms with E-state index in [0.717, 1.165) is 22.4 Å². The molecule has 2 N–H and O–H groups in total. The van der Waals surface area contributed by atoms with E-state index in [1.54, 1.807) is 30.8 Å². The molecular weight excluding hydrogens is 298 g/mol. The summed E-state index contributed by atoms with van der Waals surface area (Å²) < 4.78 is 0. The molecule has 1 aliphatic heterocycles. The molecule has 0 spiro atoms. The zero-order valence-corrected chi connectivity index (χ0v) is 13.3. The summed E-state index contributed by atoms with van der Waals surface area (Å²) in [5, 5.41) is 2.04. The number of aromatic nitrogens is 2. The van der Waals surface area contributed by atoms with Crippen molar-refractivity contribution < 1.29 is 4.79 Å². The van der Waals surface area contributed by atoms with Crippen LogP contribution in [-0.4, -0.2) is 33.8 Å². The van der Waals surface area contributed by atoms with E-state index < -0.39 is 5.54 Å². The number of hydrogen-bond donors (Lipinski definition) is 1. The minimum atomic E-state index is -0.563. The second-order valence-corrected chi connectivity index (χ2v) is 6.22. The van der Waals surface area contributed by atoms with Crippen LogP contribution in [0.5, 0.6) is 0 Å². The molecule has 2 aromatic heterocycles. The monoisotopic (exact) mass is 315 g/mol. The number of guanidine groups is 1. The highest BCUT2D eigenvalue weighted by Crippen LogP contribution is 2.41. The van der Waals surface area contributed by atoms with Crippen molar-refractivity contribution in [3.63, 3.8) is 0 Å². The minimum absolute atomic E-state index is 0.00709. The Hall–Kier alpha value is -2.28. The van der Waals surface area contributed by atoms with Gasteiger partial charge in [0.25, 0.3) is 0 Å². The van der Waals surface area contributed by atoms with E-state index in [2.05, 4.69) is 21.0 Å². The van der Waals surface area contributed by atoms with E-state index in [1.807, 2.05) is 12.3 Å². The first-order valence-electron chi connectivity index (χ1n) is 7.02. The predicted molar refractivity (Wildman–Crippen MR) is 86.3 cm³/mol. The molecule has 0 aliphatic carbocycles. The van der Waals surface area contributed by atoms with Crippen molar-refractivity contribution in [1.82, 2.24) is 14.9 Å². The van der Waals surface area contributed by atoms with Gasteiger partial charge >= 0.3 is 0 Å². The van der Waals surface area contributed by atoms with Crippen molar-refractivity contribution in [2.75, 3.05) is 7.05 Å². The summed E-state index contributed by atoms with van der Waals surface area (Å²) in [6.45, 7) is 2.03. The fourth-order valence-electron chi connectivity index (χ4n) is 2.53. The smallest absolute Gasteiger partial charge is 0.231 e. The van der Waals surface area contributed by atoms with Crippen LogP contribution in [0, 0.1) is 0 Å². The molecule has 1 atom stereocenters. The summed E-state index contributed by atoms with van der Waals surface area (Å²) in [7, 11) is 1.65. The Balaban J connectivity index is 2.02. The lowest BCUT2D eigenvalue weighted by atomic mass is 9.88. The van der Waals surface area contributed by atoms with Crippen molar-refractivity contribution in [2.45, 2.75) is 25.3 Å². The summed E-state index contributed by atoms with van der Waals surface area (Å²) in [5.41, 5.74) is 7.34. The number of thiophene rings is 1. The number of rotatable bonds is 3. The third-order valence-corrected chi connectivity index (χ3v) is 5.15. The van der Waals surface area contributed by atoms with Gasteiger partial charge in [-0.3, -0.25) is 9.69 Å². The Morgan fingerprint density at radius 2 is 2.09 bits per heavy atom. The molecule has 7 heteroatoms. The average Bonchev–Trinajstić information content (AvgIpc) is 3.03. The summed E-state index contributed by atoms with van der Waals surface area (Å²) in [5.74, 6) is 0.267. The van der Waals surface area contributed by atoms with Crippen molar-refractivity contribution >= 4 is 23.2 Å². The van der Waals surface area contributed by atoms with Gasteiger partial charge in [-0.25, -0.2) is 15.0 Å². The normalized spacial score (nSPS) is 21.8. The lowest BCUT2D eigenvalue weighted by molar-refractivity contribution is -0.128. The Morgan fingerprint density at radius 3 is 2.73 bits per heavy atom. The second kappa shape index (κ2) is 5.49. The fourth-order valence-corrected chi connectivity index (χ4v) is 3.67. The molecular formula is C15H17N5OS. The lowest BCUT2D eigenvalue weighted by Crippen LogP contribution is -2.48. The zero-order valence-electron chi connectivity index (χ0n) is 12.5. The van der Waals surface area contributed by atoms with Crippen LogP contribution >= 0.6 is 11.3 Å². The number of aliphatic imine (C=N–C) groups is 1. The van der Waals surface area contributed by atoms with E-state index >= 15 is 0 Å². The van der Waals surface area contributed by atoms with Crippen LogP contribution in [0.4, 0.5) is 0 Å². The van der Waals surface area contributed by atoms with Crippen molar-refractivity contribution in [2.24, 2.45) is 10.7 Å². The molecule has 0 fully saturated rings. The third-order valence-electron chi connectivity index (χ3n) is 4.03. The number of amides is 1. The summed E-state index contributed by atoms with van der Waals surface area (Å²) in [6.07, 6.45) is 6.11. The van der Waals surface area contributed by atoms with Crippen LogP contribution in [0.15, 0.2) is 35.2 Å². The molecule has 114 valence electrons. The van der Waals surface area contributed by atoms with Gasteiger partial charge in [-0.15, -0.1) is 11.3 Å². The first-order chi connectivity index (χ1) is 10.6. The molecule has 6 nitrogen and oxygen atoms in total. The van der Waals surface area contributed by atoms with Gasteiger partial charge in [0.05, 0.1) is 6.42 Å². The first-order valence-corrected chi connectivity index (χ1v) is 7.90. The Kier molecular flexibility index (Phi) is 3.66. The van der Waals surface area contributed by atoms with Gasteiger partial charge in [-0.05, 0) is 23.4 Å². The van der Waals surface area contributed by atoms with Gasteiger partial charge in [-0.1, -0.05) is 6.92 Å². The maximum Gasteiger partial charge on any atom is 0.231 e. The molecule has 2 aromatic rings. The van der Waals surface area contributed by atoms with Crippen LogP contribution in [0.2, 0.25) is 0 Å². The van der Waals surface area contributed by atoms with Crippen molar-refractivity contribution in [1.29, 1.82) is 0 Å². The molecule has 1 amide bonds. The van der Waals surface area contributed by atoms with Crippen LogP contribution in [0.3, 0.4) is 0 Å². The molecule has 0 bridgehead atoms. The Morgan fingerprint density at radius 1 is 1.36 bits per heavy atom. The molecule has 3 rings (SSSR count). The molecule has 1 aliphatic rings. The topological polar surface area (TPSA) is 84.5 Å². The van der Waals surface area contributed by atoms with E-state index in [1.165, 1.54) is 11.2 Å². The standard InChI is InChI=1S/C15H17N5OS/c1-3-15(5-13(21)20(2)14(16)19-15)12-4-10(8-22-12)11-6-17-9-18-7-11/h4,6-9H,3,5H2,1-2H3,(H2,16,19)/t15-/m0/s1. The number of carbonyl (C=O) groups excluding carboxylic acids is 1. The molecule has 22 heavy (non-hydrogen) atoms. The van der Waals surface area contributed by atoms with E-state index in [0.29, 0.717) is 6.42 Å². The van der Waals surface area contributed by atoms with E-state index in [-0.39, 0.29) is 11.9 Å².